The topological polar surface area (TPSA) is 9.86 Å². The SMILES string of the molecule is CC1(C)c2ccccc2-c2ccc(-c3cccc(-n4c5cc6c7ccccc7n(-c7ccccc7)c6cc5c5c6ccccc6ccc54)c3)cc21. The van der Waals surface area contributed by atoms with Crippen molar-refractivity contribution in [2.45, 2.75) is 19.3 Å². The van der Waals surface area contributed by atoms with Gasteiger partial charge in [-0.25, -0.2) is 0 Å². The zero-order valence-electron chi connectivity index (χ0n) is 28.6. The number of fused-ring (bicyclic) bond motifs is 11. The third-order valence-electron chi connectivity index (χ3n) is 11.5. The minimum atomic E-state index is -0.0439. The van der Waals surface area contributed by atoms with Crippen LogP contribution in [0.3, 0.4) is 0 Å². The van der Waals surface area contributed by atoms with Crippen molar-refractivity contribution in [1.29, 1.82) is 0 Å². The van der Waals surface area contributed by atoms with E-state index < -0.39 is 0 Å². The summed E-state index contributed by atoms with van der Waals surface area (Å²) in [5, 5.41) is 7.59. The summed E-state index contributed by atoms with van der Waals surface area (Å²) in [7, 11) is 0. The smallest absolute Gasteiger partial charge is 0.0549 e. The van der Waals surface area contributed by atoms with E-state index in [0.29, 0.717) is 0 Å². The molecule has 8 aromatic carbocycles. The van der Waals surface area contributed by atoms with E-state index in [2.05, 4.69) is 193 Å². The van der Waals surface area contributed by atoms with E-state index in [4.69, 9.17) is 0 Å². The average molecular weight is 651 g/mol. The molecule has 0 unspecified atom stereocenters. The van der Waals surface area contributed by atoms with Crippen LogP contribution in [-0.2, 0) is 5.41 Å². The third kappa shape index (κ3) is 3.93. The van der Waals surface area contributed by atoms with Crippen LogP contribution in [0.2, 0.25) is 0 Å². The average Bonchev–Trinajstić information content (AvgIpc) is 3.77. The Hall–Kier alpha value is -6.38. The minimum Gasteiger partial charge on any atom is -0.309 e. The summed E-state index contributed by atoms with van der Waals surface area (Å²) in [4.78, 5) is 0. The predicted molar refractivity (Wildman–Crippen MR) is 216 cm³/mol. The molecule has 0 saturated heterocycles. The molecule has 0 bridgehead atoms. The van der Waals surface area contributed by atoms with Gasteiger partial charge in [0.15, 0.2) is 0 Å². The maximum absolute atomic E-state index is 2.49. The van der Waals surface area contributed by atoms with Gasteiger partial charge in [0.25, 0.3) is 0 Å². The van der Waals surface area contributed by atoms with Crippen molar-refractivity contribution in [2.24, 2.45) is 0 Å². The fourth-order valence-corrected chi connectivity index (χ4v) is 9.09. The molecule has 0 amide bonds. The second-order valence-electron chi connectivity index (χ2n) is 14.6. The highest BCUT2D eigenvalue weighted by atomic mass is 15.0. The Morgan fingerprint density at radius 2 is 1.04 bits per heavy atom. The van der Waals surface area contributed by atoms with Gasteiger partial charge in [-0.05, 0) is 98.8 Å². The molecule has 1 aliphatic carbocycles. The van der Waals surface area contributed by atoms with Gasteiger partial charge in [0.2, 0.25) is 0 Å². The molecule has 0 aliphatic heterocycles. The largest absolute Gasteiger partial charge is 0.309 e. The molecule has 51 heavy (non-hydrogen) atoms. The molecule has 0 N–H and O–H groups in total. The molecule has 0 fully saturated rings. The van der Waals surface area contributed by atoms with Gasteiger partial charge in [0, 0.05) is 38.3 Å². The number of para-hydroxylation sites is 2. The van der Waals surface area contributed by atoms with Crippen LogP contribution in [0, 0.1) is 0 Å². The van der Waals surface area contributed by atoms with Crippen LogP contribution in [0.15, 0.2) is 170 Å². The molecule has 2 aromatic heterocycles. The lowest BCUT2D eigenvalue weighted by molar-refractivity contribution is 0.660. The van der Waals surface area contributed by atoms with Gasteiger partial charge in [0.05, 0.1) is 22.1 Å². The second-order valence-corrected chi connectivity index (χ2v) is 14.6. The van der Waals surface area contributed by atoms with E-state index in [0.717, 1.165) is 5.69 Å². The first-order chi connectivity index (χ1) is 25.1. The highest BCUT2D eigenvalue weighted by molar-refractivity contribution is 6.25. The highest BCUT2D eigenvalue weighted by Crippen LogP contribution is 2.50. The summed E-state index contributed by atoms with van der Waals surface area (Å²) in [6, 6.07) is 62.9. The predicted octanol–water partition coefficient (Wildman–Crippen LogP) is 13.0. The van der Waals surface area contributed by atoms with Gasteiger partial charge in [-0.1, -0.05) is 129 Å². The number of rotatable bonds is 3. The van der Waals surface area contributed by atoms with Crippen molar-refractivity contribution >= 4 is 54.4 Å². The van der Waals surface area contributed by atoms with Crippen molar-refractivity contribution in [3.63, 3.8) is 0 Å². The van der Waals surface area contributed by atoms with E-state index in [1.54, 1.807) is 0 Å². The van der Waals surface area contributed by atoms with E-state index in [1.165, 1.54) is 93.5 Å². The third-order valence-corrected chi connectivity index (χ3v) is 11.5. The van der Waals surface area contributed by atoms with Crippen molar-refractivity contribution in [3.8, 4) is 33.6 Å². The van der Waals surface area contributed by atoms with Crippen molar-refractivity contribution < 1.29 is 0 Å². The van der Waals surface area contributed by atoms with Crippen LogP contribution in [0.1, 0.15) is 25.0 Å². The Morgan fingerprint density at radius 1 is 0.373 bits per heavy atom. The number of nitrogens with zero attached hydrogens (tertiary/aromatic N) is 2. The lowest BCUT2D eigenvalue weighted by Gasteiger charge is -2.22. The Kier molecular flexibility index (Phi) is 5.76. The maximum Gasteiger partial charge on any atom is 0.0549 e. The zero-order chi connectivity index (χ0) is 33.8. The van der Waals surface area contributed by atoms with Crippen LogP contribution >= 0.6 is 0 Å². The van der Waals surface area contributed by atoms with Crippen molar-refractivity contribution in [3.05, 3.63) is 181 Å². The zero-order valence-corrected chi connectivity index (χ0v) is 28.6. The molecule has 2 heterocycles. The summed E-state index contributed by atoms with van der Waals surface area (Å²) in [6.45, 7) is 4.71. The van der Waals surface area contributed by atoms with Gasteiger partial charge >= 0.3 is 0 Å². The van der Waals surface area contributed by atoms with Gasteiger partial charge in [0.1, 0.15) is 0 Å². The highest BCUT2D eigenvalue weighted by Gasteiger charge is 2.35. The molecule has 10 aromatic rings. The molecule has 0 spiro atoms. The van der Waals surface area contributed by atoms with Crippen LogP contribution < -0.4 is 0 Å². The van der Waals surface area contributed by atoms with E-state index in [-0.39, 0.29) is 5.41 Å². The first-order valence-electron chi connectivity index (χ1n) is 17.9. The molecule has 2 nitrogen and oxygen atoms in total. The normalized spacial score (nSPS) is 13.5. The summed E-state index contributed by atoms with van der Waals surface area (Å²) >= 11 is 0. The first-order valence-corrected chi connectivity index (χ1v) is 17.9. The van der Waals surface area contributed by atoms with E-state index in [9.17, 15) is 0 Å². The second kappa shape index (κ2) is 10.3. The van der Waals surface area contributed by atoms with Crippen LogP contribution in [0.5, 0.6) is 0 Å². The number of hydrogen-bond donors (Lipinski definition) is 0. The Labute approximate surface area is 296 Å². The maximum atomic E-state index is 2.49. The summed E-state index contributed by atoms with van der Waals surface area (Å²) in [5.41, 5.74) is 15.1. The lowest BCUT2D eigenvalue weighted by atomic mass is 9.81. The summed E-state index contributed by atoms with van der Waals surface area (Å²) in [6.07, 6.45) is 0. The van der Waals surface area contributed by atoms with E-state index >= 15 is 0 Å². The minimum absolute atomic E-state index is 0.0439. The summed E-state index contributed by atoms with van der Waals surface area (Å²) < 4.78 is 4.91. The first kappa shape index (κ1) is 28.5. The molecule has 0 saturated carbocycles. The van der Waals surface area contributed by atoms with Gasteiger partial charge in [-0.2, -0.15) is 0 Å². The number of benzene rings is 8. The monoisotopic (exact) mass is 650 g/mol. The molecule has 240 valence electrons. The molecular weight excluding hydrogens is 617 g/mol. The molecule has 0 atom stereocenters. The fourth-order valence-electron chi connectivity index (χ4n) is 9.09. The van der Waals surface area contributed by atoms with Crippen LogP contribution in [-0.4, -0.2) is 9.13 Å². The summed E-state index contributed by atoms with van der Waals surface area (Å²) in [5.74, 6) is 0. The van der Waals surface area contributed by atoms with Gasteiger partial charge in [-0.3, -0.25) is 0 Å². The van der Waals surface area contributed by atoms with Crippen molar-refractivity contribution in [2.75, 3.05) is 0 Å². The Morgan fingerprint density at radius 3 is 1.94 bits per heavy atom. The van der Waals surface area contributed by atoms with Gasteiger partial charge < -0.3 is 9.13 Å². The van der Waals surface area contributed by atoms with Crippen molar-refractivity contribution in [1.82, 2.24) is 9.13 Å². The van der Waals surface area contributed by atoms with Crippen LogP contribution in [0.4, 0.5) is 0 Å². The fraction of sp³-hybridized carbons (Fsp3) is 0.0612. The lowest BCUT2D eigenvalue weighted by Crippen LogP contribution is -2.14. The standard InChI is InChI=1S/C49H34N2/c1-49(2)42-21-10-8-19-37(42)38-25-23-33(28-43(38)49)32-14-12-17-35(27-32)51-45-26-24-31-13-6-7-18-36(31)48(45)41-30-46-40(29-47(41)51)39-20-9-11-22-44(39)50(46)34-15-4-3-5-16-34/h3-30H,1-2H3. The Balaban J connectivity index is 1.19. The Bertz CT molecular complexity index is 3040. The van der Waals surface area contributed by atoms with E-state index in [1.807, 2.05) is 0 Å². The van der Waals surface area contributed by atoms with Crippen LogP contribution in [0.25, 0.3) is 88.0 Å². The molecule has 0 radical (unpaired) electrons. The van der Waals surface area contributed by atoms with Gasteiger partial charge in [-0.15, -0.1) is 0 Å². The molecule has 11 rings (SSSR count). The number of hydrogen-bond acceptors (Lipinski definition) is 0. The molecular formula is C49H34N2. The number of aromatic nitrogens is 2. The molecule has 1 aliphatic rings. The quantitative estimate of drug-likeness (QED) is 0.180. The molecule has 2 heteroatoms.